The Morgan fingerprint density at radius 2 is 1.92 bits per heavy atom. The second-order valence-electron chi connectivity index (χ2n) is 5.97. The first kappa shape index (κ1) is 23.0. The fraction of sp³-hybridized carbons (Fsp3) is 0.647. The summed E-state index contributed by atoms with van der Waals surface area (Å²) in [5.41, 5.74) is 5.49. The number of piperidine rings is 1. The zero-order valence-corrected chi connectivity index (χ0v) is 16.1. The predicted octanol–water partition coefficient (Wildman–Crippen LogP) is 3.06. The van der Waals surface area contributed by atoms with Crippen molar-refractivity contribution in [2.24, 2.45) is 11.1 Å². The van der Waals surface area contributed by atoms with Crippen LogP contribution in [0.1, 0.15) is 39.5 Å². The summed E-state index contributed by atoms with van der Waals surface area (Å²) in [6.07, 6.45) is 5.14. The minimum atomic E-state index is -0.394. The van der Waals surface area contributed by atoms with Gasteiger partial charge in [0.05, 0.1) is 5.41 Å². The van der Waals surface area contributed by atoms with Crippen LogP contribution >= 0.6 is 24.8 Å². The summed E-state index contributed by atoms with van der Waals surface area (Å²) in [6.45, 7) is 5.98. The van der Waals surface area contributed by atoms with Crippen LogP contribution in [0, 0.1) is 5.41 Å². The van der Waals surface area contributed by atoms with E-state index in [9.17, 15) is 4.79 Å². The summed E-state index contributed by atoms with van der Waals surface area (Å²) in [5.74, 6) is 0.863. The standard InChI is InChI=1S/C17H27N3O2.2ClH/c1-3-17(4-2,13-18)16(21)20-11-8-14(9-12-20)22-15-7-5-6-10-19-15;;/h5-7,10,14H,3-4,8-9,11-13,18H2,1-2H3;2*1H. The molecule has 1 amide bonds. The van der Waals surface area contributed by atoms with E-state index in [1.165, 1.54) is 0 Å². The van der Waals surface area contributed by atoms with E-state index in [1.54, 1.807) is 6.20 Å². The van der Waals surface area contributed by atoms with Gasteiger partial charge in [-0.1, -0.05) is 19.9 Å². The molecule has 0 aliphatic carbocycles. The third-order valence-electron chi connectivity index (χ3n) is 4.85. The number of carbonyl (C=O) groups is 1. The van der Waals surface area contributed by atoms with E-state index in [-0.39, 0.29) is 36.8 Å². The highest BCUT2D eigenvalue weighted by atomic mass is 35.5. The number of hydrogen-bond donors (Lipinski definition) is 1. The smallest absolute Gasteiger partial charge is 0.230 e. The fourth-order valence-corrected chi connectivity index (χ4v) is 3.03. The first-order valence-corrected chi connectivity index (χ1v) is 8.22. The molecule has 0 saturated carbocycles. The molecule has 138 valence electrons. The van der Waals surface area contributed by atoms with Crippen molar-refractivity contribution in [1.29, 1.82) is 0 Å². The summed E-state index contributed by atoms with van der Waals surface area (Å²) in [5, 5.41) is 0. The third-order valence-corrected chi connectivity index (χ3v) is 4.85. The first-order chi connectivity index (χ1) is 10.6. The van der Waals surface area contributed by atoms with Crippen molar-refractivity contribution < 1.29 is 9.53 Å². The van der Waals surface area contributed by atoms with Crippen LogP contribution < -0.4 is 10.5 Å². The lowest BCUT2D eigenvalue weighted by molar-refractivity contribution is -0.144. The molecule has 1 aromatic heterocycles. The monoisotopic (exact) mass is 377 g/mol. The third kappa shape index (κ3) is 5.23. The highest BCUT2D eigenvalue weighted by Crippen LogP contribution is 2.29. The van der Waals surface area contributed by atoms with Crippen LogP contribution in [0.2, 0.25) is 0 Å². The predicted molar refractivity (Wildman–Crippen MR) is 101 cm³/mol. The number of rotatable bonds is 6. The Hall–Kier alpha value is -1.04. The van der Waals surface area contributed by atoms with Gasteiger partial charge in [-0.3, -0.25) is 4.79 Å². The number of nitrogens with zero attached hydrogens (tertiary/aromatic N) is 2. The van der Waals surface area contributed by atoms with Crippen LogP contribution in [0.3, 0.4) is 0 Å². The van der Waals surface area contributed by atoms with Gasteiger partial charge in [0.1, 0.15) is 6.10 Å². The van der Waals surface area contributed by atoms with Crippen molar-refractivity contribution in [3.8, 4) is 5.88 Å². The van der Waals surface area contributed by atoms with E-state index in [0.717, 1.165) is 38.8 Å². The molecule has 1 saturated heterocycles. The van der Waals surface area contributed by atoms with Crippen LogP contribution in [-0.2, 0) is 4.79 Å². The van der Waals surface area contributed by atoms with E-state index < -0.39 is 5.41 Å². The molecule has 1 aromatic rings. The molecule has 1 aliphatic rings. The fourth-order valence-electron chi connectivity index (χ4n) is 3.03. The molecule has 5 nitrogen and oxygen atoms in total. The quantitative estimate of drug-likeness (QED) is 0.826. The Labute approximate surface area is 157 Å². The Kier molecular flexibility index (Phi) is 10.3. The minimum absolute atomic E-state index is 0. The average Bonchev–Trinajstić information content (AvgIpc) is 2.58. The van der Waals surface area contributed by atoms with Crippen molar-refractivity contribution in [3.63, 3.8) is 0 Å². The van der Waals surface area contributed by atoms with Gasteiger partial charge in [0.25, 0.3) is 0 Å². The molecule has 7 heteroatoms. The zero-order chi connectivity index (χ0) is 16.0. The maximum absolute atomic E-state index is 12.8. The van der Waals surface area contributed by atoms with Gasteiger partial charge in [0.15, 0.2) is 0 Å². The van der Waals surface area contributed by atoms with E-state index in [2.05, 4.69) is 4.98 Å². The van der Waals surface area contributed by atoms with Crippen LogP contribution in [0.5, 0.6) is 5.88 Å². The number of hydrogen-bond acceptors (Lipinski definition) is 4. The van der Waals surface area contributed by atoms with Crippen molar-refractivity contribution in [3.05, 3.63) is 24.4 Å². The summed E-state index contributed by atoms with van der Waals surface area (Å²) < 4.78 is 5.87. The number of aromatic nitrogens is 1. The van der Waals surface area contributed by atoms with Gasteiger partial charge in [-0.2, -0.15) is 0 Å². The SMILES string of the molecule is CCC(CC)(CN)C(=O)N1CCC(Oc2ccccn2)CC1.Cl.Cl. The molecule has 0 atom stereocenters. The van der Waals surface area contributed by atoms with Crippen molar-refractivity contribution in [2.45, 2.75) is 45.6 Å². The molecule has 0 unspecified atom stereocenters. The van der Waals surface area contributed by atoms with E-state index >= 15 is 0 Å². The molecule has 0 spiro atoms. The van der Waals surface area contributed by atoms with Crippen LogP contribution in [0.15, 0.2) is 24.4 Å². The number of amides is 1. The number of pyridine rings is 1. The van der Waals surface area contributed by atoms with E-state index in [1.807, 2.05) is 36.9 Å². The first-order valence-electron chi connectivity index (χ1n) is 8.22. The topological polar surface area (TPSA) is 68.5 Å². The van der Waals surface area contributed by atoms with Crippen molar-refractivity contribution in [2.75, 3.05) is 19.6 Å². The maximum Gasteiger partial charge on any atom is 0.230 e. The van der Waals surface area contributed by atoms with Gasteiger partial charge in [-0.15, -0.1) is 24.8 Å². The molecule has 0 bridgehead atoms. The number of carbonyl (C=O) groups excluding carboxylic acids is 1. The van der Waals surface area contributed by atoms with Crippen LogP contribution in [-0.4, -0.2) is 41.5 Å². The number of halogens is 2. The Bertz CT molecular complexity index is 468. The molecular weight excluding hydrogens is 349 g/mol. The highest BCUT2D eigenvalue weighted by molar-refractivity contribution is 5.85. The molecule has 0 aromatic carbocycles. The Balaban J connectivity index is 0.00000264. The van der Waals surface area contributed by atoms with Gasteiger partial charge >= 0.3 is 0 Å². The van der Waals surface area contributed by atoms with Gasteiger partial charge < -0.3 is 15.4 Å². The minimum Gasteiger partial charge on any atom is -0.474 e. The second-order valence-corrected chi connectivity index (χ2v) is 5.97. The Morgan fingerprint density at radius 3 is 2.38 bits per heavy atom. The molecule has 1 aliphatic heterocycles. The molecule has 2 N–H and O–H groups in total. The number of likely N-dealkylation sites (tertiary alicyclic amines) is 1. The van der Waals surface area contributed by atoms with Crippen molar-refractivity contribution in [1.82, 2.24) is 9.88 Å². The van der Waals surface area contributed by atoms with Gasteiger partial charge in [0, 0.05) is 44.7 Å². The molecular formula is C17H29Cl2N3O2. The maximum atomic E-state index is 12.8. The van der Waals surface area contributed by atoms with Crippen LogP contribution in [0.4, 0.5) is 0 Å². The van der Waals surface area contributed by atoms with Crippen LogP contribution in [0.25, 0.3) is 0 Å². The summed E-state index contributed by atoms with van der Waals surface area (Å²) in [6, 6.07) is 5.65. The number of nitrogens with two attached hydrogens (primary N) is 1. The van der Waals surface area contributed by atoms with Crippen molar-refractivity contribution >= 4 is 30.7 Å². The van der Waals surface area contributed by atoms with Gasteiger partial charge in [-0.25, -0.2) is 4.98 Å². The second kappa shape index (κ2) is 10.7. The summed E-state index contributed by atoms with van der Waals surface area (Å²) >= 11 is 0. The Morgan fingerprint density at radius 1 is 1.29 bits per heavy atom. The lowest BCUT2D eigenvalue weighted by atomic mass is 9.80. The van der Waals surface area contributed by atoms with E-state index in [4.69, 9.17) is 10.5 Å². The zero-order valence-electron chi connectivity index (χ0n) is 14.4. The molecule has 24 heavy (non-hydrogen) atoms. The summed E-state index contributed by atoms with van der Waals surface area (Å²) in [4.78, 5) is 18.9. The average molecular weight is 378 g/mol. The molecule has 2 rings (SSSR count). The largest absolute Gasteiger partial charge is 0.474 e. The lowest BCUT2D eigenvalue weighted by Gasteiger charge is -2.38. The highest BCUT2D eigenvalue weighted by Gasteiger charge is 2.38. The van der Waals surface area contributed by atoms with Gasteiger partial charge in [0.2, 0.25) is 11.8 Å². The number of ether oxygens (including phenoxy) is 1. The molecule has 2 heterocycles. The molecule has 0 radical (unpaired) electrons. The normalized spacial score (nSPS) is 15.2. The lowest BCUT2D eigenvalue weighted by Crippen LogP contribution is -2.51. The molecule has 1 fully saturated rings. The van der Waals surface area contributed by atoms with Gasteiger partial charge in [-0.05, 0) is 18.9 Å². The van der Waals surface area contributed by atoms with E-state index in [0.29, 0.717) is 12.4 Å². The summed E-state index contributed by atoms with van der Waals surface area (Å²) in [7, 11) is 0.